The lowest BCUT2D eigenvalue weighted by Crippen LogP contribution is -2.39. The molecule has 0 spiro atoms. The maximum atomic E-state index is 12.6. The van der Waals surface area contributed by atoms with Gasteiger partial charge >= 0.3 is 0 Å². The van der Waals surface area contributed by atoms with Crippen LogP contribution in [0.15, 0.2) is 48.5 Å². The number of ether oxygens (including phenoxy) is 1. The first-order chi connectivity index (χ1) is 12.2. The lowest BCUT2D eigenvalue weighted by molar-refractivity contribution is -0.128. The molecule has 0 unspecified atom stereocenters. The molecule has 1 N–H and O–H groups in total. The van der Waals surface area contributed by atoms with Crippen LogP contribution in [-0.2, 0) is 10.2 Å². The minimum atomic E-state index is -0.535. The summed E-state index contributed by atoms with van der Waals surface area (Å²) in [6, 6.07) is 15.4. The molecule has 26 heavy (non-hydrogen) atoms. The Bertz CT molecular complexity index is 717. The van der Waals surface area contributed by atoms with E-state index in [-0.39, 0.29) is 17.4 Å². The summed E-state index contributed by atoms with van der Waals surface area (Å²) >= 11 is 5.89. The third kappa shape index (κ3) is 5.50. The average Bonchev–Trinajstić information content (AvgIpc) is 2.60. The van der Waals surface area contributed by atoms with E-state index in [1.54, 1.807) is 24.3 Å². The van der Waals surface area contributed by atoms with Crippen molar-refractivity contribution in [2.45, 2.75) is 58.6 Å². The fraction of sp³-hybridized carbons (Fsp3) is 0.409. The standard InChI is InChI=1S/C22H28ClNO2/c1-6-20(26-19-13-11-18(23)12-14-19)21(25)24-15(2)16-7-9-17(10-8-16)22(3,4)5/h7-15,20H,6H2,1-5H3,(H,24,25)/t15-,20+/m1/s1. The van der Waals surface area contributed by atoms with E-state index in [0.29, 0.717) is 17.2 Å². The quantitative estimate of drug-likeness (QED) is 0.708. The predicted octanol–water partition coefficient (Wildman–Crippen LogP) is 5.67. The fourth-order valence-electron chi connectivity index (χ4n) is 2.66. The van der Waals surface area contributed by atoms with Gasteiger partial charge in [0, 0.05) is 5.02 Å². The van der Waals surface area contributed by atoms with Crippen LogP contribution in [0.5, 0.6) is 5.75 Å². The second-order valence-corrected chi connectivity index (χ2v) is 8.01. The molecule has 0 heterocycles. The molecule has 0 fully saturated rings. The van der Waals surface area contributed by atoms with Gasteiger partial charge in [0.05, 0.1) is 6.04 Å². The van der Waals surface area contributed by atoms with Gasteiger partial charge in [0.15, 0.2) is 6.10 Å². The van der Waals surface area contributed by atoms with E-state index < -0.39 is 6.10 Å². The topological polar surface area (TPSA) is 38.3 Å². The largest absolute Gasteiger partial charge is 0.481 e. The molecule has 1 amide bonds. The zero-order chi connectivity index (χ0) is 19.3. The van der Waals surface area contributed by atoms with Gasteiger partial charge in [-0.1, -0.05) is 63.6 Å². The molecule has 0 aliphatic carbocycles. The van der Waals surface area contributed by atoms with Crippen molar-refractivity contribution in [1.82, 2.24) is 5.32 Å². The molecule has 0 bridgehead atoms. The monoisotopic (exact) mass is 373 g/mol. The zero-order valence-electron chi connectivity index (χ0n) is 16.2. The van der Waals surface area contributed by atoms with E-state index in [0.717, 1.165) is 5.56 Å². The molecule has 0 radical (unpaired) electrons. The number of rotatable bonds is 6. The van der Waals surface area contributed by atoms with E-state index in [2.05, 4.69) is 50.4 Å². The Balaban J connectivity index is 2.00. The number of halogens is 1. The van der Waals surface area contributed by atoms with Crippen LogP contribution >= 0.6 is 11.6 Å². The van der Waals surface area contributed by atoms with Crippen LogP contribution in [0.25, 0.3) is 0 Å². The number of hydrogen-bond donors (Lipinski definition) is 1. The molecule has 2 atom stereocenters. The summed E-state index contributed by atoms with van der Waals surface area (Å²) in [7, 11) is 0. The highest BCUT2D eigenvalue weighted by molar-refractivity contribution is 6.30. The van der Waals surface area contributed by atoms with Gasteiger partial charge in [-0.25, -0.2) is 0 Å². The minimum Gasteiger partial charge on any atom is -0.481 e. The van der Waals surface area contributed by atoms with Crippen molar-refractivity contribution in [2.75, 3.05) is 0 Å². The second-order valence-electron chi connectivity index (χ2n) is 7.57. The lowest BCUT2D eigenvalue weighted by Gasteiger charge is -2.22. The van der Waals surface area contributed by atoms with Crippen LogP contribution in [0.4, 0.5) is 0 Å². The molecule has 4 heteroatoms. The van der Waals surface area contributed by atoms with Crippen LogP contribution in [0.1, 0.15) is 58.2 Å². The molecule has 0 saturated carbocycles. The molecule has 2 rings (SSSR count). The molecule has 0 saturated heterocycles. The van der Waals surface area contributed by atoms with Crippen LogP contribution < -0.4 is 10.1 Å². The number of carbonyl (C=O) groups excluding carboxylic acids is 1. The normalized spacial score (nSPS) is 13.8. The summed E-state index contributed by atoms with van der Waals surface area (Å²) in [5.41, 5.74) is 2.47. The van der Waals surface area contributed by atoms with Crippen molar-refractivity contribution in [3.63, 3.8) is 0 Å². The van der Waals surface area contributed by atoms with Gasteiger partial charge in [0.25, 0.3) is 5.91 Å². The second kappa shape index (κ2) is 8.59. The van der Waals surface area contributed by atoms with E-state index in [9.17, 15) is 4.79 Å². The first-order valence-corrected chi connectivity index (χ1v) is 9.41. The van der Waals surface area contributed by atoms with Gasteiger partial charge in [-0.3, -0.25) is 4.79 Å². The SMILES string of the molecule is CC[C@H](Oc1ccc(Cl)cc1)C(=O)N[C@H](C)c1ccc(C(C)(C)C)cc1. The molecule has 140 valence electrons. The summed E-state index contributed by atoms with van der Waals surface area (Å²) in [6.45, 7) is 10.5. The average molecular weight is 374 g/mol. The van der Waals surface area contributed by atoms with E-state index in [4.69, 9.17) is 16.3 Å². The third-order valence-electron chi connectivity index (χ3n) is 4.39. The highest BCUT2D eigenvalue weighted by Crippen LogP contribution is 2.24. The van der Waals surface area contributed by atoms with Crippen LogP contribution in [0, 0.1) is 0 Å². The Hall–Kier alpha value is -2.00. The minimum absolute atomic E-state index is 0.0839. The van der Waals surface area contributed by atoms with Gasteiger partial charge in [0.2, 0.25) is 0 Å². The summed E-state index contributed by atoms with van der Waals surface area (Å²) in [4.78, 5) is 12.6. The molecule has 2 aromatic carbocycles. The summed E-state index contributed by atoms with van der Waals surface area (Å²) in [5.74, 6) is 0.522. The Morgan fingerprint density at radius 1 is 1.08 bits per heavy atom. The Morgan fingerprint density at radius 2 is 1.65 bits per heavy atom. The van der Waals surface area contributed by atoms with E-state index in [1.807, 2.05) is 13.8 Å². The highest BCUT2D eigenvalue weighted by Gasteiger charge is 2.21. The first kappa shape index (κ1) is 20.3. The number of carbonyl (C=O) groups is 1. The van der Waals surface area contributed by atoms with Crippen LogP contribution in [0.3, 0.4) is 0 Å². The maximum absolute atomic E-state index is 12.6. The van der Waals surface area contributed by atoms with Crippen molar-refractivity contribution >= 4 is 17.5 Å². The number of benzene rings is 2. The molecule has 0 aliphatic heterocycles. The van der Waals surface area contributed by atoms with Gasteiger partial charge in [-0.15, -0.1) is 0 Å². The molecule has 2 aromatic rings. The molecular formula is C22H28ClNO2. The van der Waals surface area contributed by atoms with Gasteiger partial charge < -0.3 is 10.1 Å². The Morgan fingerprint density at radius 3 is 2.15 bits per heavy atom. The van der Waals surface area contributed by atoms with Gasteiger partial charge in [-0.05, 0) is 54.2 Å². The van der Waals surface area contributed by atoms with E-state index >= 15 is 0 Å². The van der Waals surface area contributed by atoms with Gasteiger partial charge in [0.1, 0.15) is 5.75 Å². The lowest BCUT2D eigenvalue weighted by atomic mass is 9.86. The summed E-state index contributed by atoms with van der Waals surface area (Å²) < 4.78 is 5.81. The predicted molar refractivity (Wildman–Crippen MR) is 108 cm³/mol. The molecule has 0 aromatic heterocycles. The number of nitrogens with one attached hydrogen (secondary N) is 1. The Labute approximate surface area is 161 Å². The fourth-order valence-corrected chi connectivity index (χ4v) is 2.79. The highest BCUT2D eigenvalue weighted by atomic mass is 35.5. The zero-order valence-corrected chi connectivity index (χ0v) is 16.9. The molecular weight excluding hydrogens is 346 g/mol. The van der Waals surface area contributed by atoms with Crippen LogP contribution in [0.2, 0.25) is 5.02 Å². The van der Waals surface area contributed by atoms with Crippen molar-refractivity contribution < 1.29 is 9.53 Å². The van der Waals surface area contributed by atoms with Gasteiger partial charge in [-0.2, -0.15) is 0 Å². The summed E-state index contributed by atoms with van der Waals surface area (Å²) in [5, 5.41) is 3.69. The van der Waals surface area contributed by atoms with Crippen LogP contribution in [-0.4, -0.2) is 12.0 Å². The van der Waals surface area contributed by atoms with Crippen molar-refractivity contribution in [3.05, 3.63) is 64.7 Å². The van der Waals surface area contributed by atoms with Crippen molar-refractivity contribution in [3.8, 4) is 5.75 Å². The van der Waals surface area contributed by atoms with Crippen molar-refractivity contribution in [2.24, 2.45) is 0 Å². The van der Waals surface area contributed by atoms with E-state index in [1.165, 1.54) is 5.56 Å². The Kier molecular flexibility index (Phi) is 6.71. The summed E-state index contributed by atoms with van der Waals surface area (Å²) in [6.07, 6.45) is 0.0527. The van der Waals surface area contributed by atoms with Crippen molar-refractivity contribution in [1.29, 1.82) is 0 Å². The maximum Gasteiger partial charge on any atom is 0.261 e. The first-order valence-electron chi connectivity index (χ1n) is 9.03. The molecule has 3 nitrogen and oxygen atoms in total. The smallest absolute Gasteiger partial charge is 0.261 e. The number of hydrogen-bond acceptors (Lipinski definition) is 2. The third-order valence-corrected chi connectivity index (χ3v) is 4.64. The number of amides is 1. The molecule has 0 aliphatic rings.